The van der Waals surface area contributed by atoms with Crippen molar-refractivity contribution >= 4 is 16.5 Å². The smallest absolute Gasteiger partial charge is 0.185 e. The monoisotopic (exact) mass is 255 g/mol. The van der Waals surface area contributed by atoms with Crippen LogP contribution >= 0.6 is 11.3 Å². The molecule has 0 radical (unpaired) electrons. The maximum absolute atomic E-state index is 9.49. The van der Waals surface area contributed by atoms with Crippen molar-refractivity contribution in [1.82, 2.24) is 9.88 Å². The molecule has 2 atom stereocenters. The van der Waals surface area contributed by atoms with Crippen molar-refractivity contribution in [3.63, 3.8) is 0 Å². The summed E-state index contributed by atoms with van der Waals surface area (Å²) in [4.78, 5) is 9.11. The molecular formula is C12H21N3OS. The van der Waals surface area contributed by atoms with Crippen LogP contribution in [-0.2, 0) is 0 Å². The van der Waals surface area contributed by atoms with Crippen molar-refractivity contribution in [3.05, 3.63) is 11.1 Å². The van der Waals surface area contributed by atoms with Crippen LogP contribution in [0, 0.1) is 0 Å². The van der Waals surface area contributed by atoms with E-state index in [4.69, 9.17) is 0 Å². The third kappa shape index (κ3) is 2.97. The Kier molecular flexibility index (Phi) is 4.01. The molecule has 1 aliphatic rings. The van der Waals surface area contributed by atoms with E-state index in [0.717, 1.165) is 17.4 Å². The summed E-state index contributed by atoms with van der Waals surface area (Å²) in [6.07, 6.45) is 2.01. The van der Waals surface area contributed by atoms with Gasteiger partial charge < -0.3 is 14.9 Å². The van der Waals surface area contributed by atoms with Crippen LogP contribution in [0.15, 0.2) is 5.38 Å². The Morgan fingerprint density at radius 2 is 2.41 bits per heavy atom. The first kappa shape index (κ1) is 12.8. The van der Waals surface area contributed by atoms with Crippen molar-refractivity contribution < 1.29 is 5.11 Å². The summed E-state index contributed by atoms with van der Waals surface area (Å²) in [5, 5.41) is 12.5. The van der Waals surface area contributed by atoms with Crippen LogP contribution < -0.4 is 4.90 Å². The van der Waals surface area contributed by atoms with Crippen molar-refractivity contribution in [1.29, 1.82) is 0 Å². The highest BCUT2D eigenvalue weighted by Gasteiger charge is 2.23. The number of rotatable bonds is 3. The van der Waals surface area contributed by atoms with Crippen LogP contribution in [-0.4, -0.2) is 48.2 Å². The Labute approximate surface area is 107 Å². The average molecular weight is 255 g/mol. The highest BCUT2D eigenvalue weighted by atomic mass is 32.1. The summed E-state index contributed by atoms with van der Waals surface area (Å²) < 4.78 is 0. The molecule has 0 saturated carbocycles. The second-order valence-electron chi connectivity index (χ2n) is 4.90. The quantitative estimate of drug-likeness (QED) is 0.893. The molecule has 4 nitrogen and oxygen atoms in total. The lowest BCUT2D eigenvalue weighted by atomic mass is 10.1. The van der Waals surface area contributed by atoms with Crippen LogP contribution in [0.1, 0.15) is 31.6 Å². The molecule has 2 rings (SSSR count). The fourth-order valence-corrected chi connectivity index (χ4v) is 3.19. The Hall–Kier alpha value is -0.650. The van der Waals surface area contributed by atoms with Gasteiger partial charge in [-0.3, -0.25) is 0 Å². The number of aliphatic hydroxyl groups is 1. The molecular weight excluding hydrogens is 234 g/mol. The van der Waals surface area contributed by atoms with E-state index in [9.17, 15) is 5.11 Å². The molecule has 0 spiro atoms. The molecule has 0 bridgehead atoms. The van der Waals surface area contributed by atoms with Crippen LogP contribution in [0.4, 0.5) is 5.13 Å². The lowest BCUT2D eigenvalue weighted by Crippen LogP contribution is -2.45. The van der Waals surface area contributed by atoms with Gasteiger partial charge in [0, 0.05) is 25.0 Å². The molecule has 1 aromatic heterocycles. The number of anilines is 1. The van der Waals surface area contributed by atoms with E-state index >= 15 is 0 Å². The molecule has 1 saturated heterocycles. The molecule has 5 heteroatoms. The Morgan fingerprint density at radius 1 is 1.65 bits per heavy atom. The van der Waals surface area contributed by atoms with Gasteiger partial charge in [0.15, 0.2) is 5.13 Å². The van der Waals surface area contributed by atoms with Gasteiger partial charge >= 0.3 is 0 Å². The molecule has 2 heterocycles. The average Bonchev–Trinajstić information content (AvgIpc) is 2.77. The predicted octanol–water partition coefficient (Wildman–Crippen LogP) is 1.73. The largest absolute Gasteiger partial charge is 0.387 e. The molecule has 1 aromatic rings. The molecule has 1 fully saturated rings. The third-order valence-electron chi connectivity index (χ3n) is 3.39. The standard InChI is InChI=1S/C12H21N3OS/c1-9(16)11-8-17-12(13-11)15(3)10-5-4-6-14(2)7-10/h8-10,16H,4-7H2,1-3H3. The lowest BCUT2D eigenvalue weighted by molar-refractivity contribution is 0.195. The molecule has 96 valence electrons. The first-order valence-electron chi connectivity index (χ1n) is 6.13. The number of thiazole rings is 1. The van der Waals surface area contributed by atoms with E-state index in [1.165, 1.54) is 19.4 Å². The maximum Gasteiger partial charge on any atom is 0.185 e. The third-order valence-corrected chi connectivity index (χ3v) is 4.34. The minimum absolute atomic E-state index is 0.470. The Morgan fingerprint density at radius 3 is 3.00 bits per heavy atom. The van der Waals surface area contributed by atoms with Gasteiger partial charge in [-0.1, -0.05) is 0 Å². The van der Waals surface area contributed by atoms with E-state index < -0.39 is 6.10 Å². The Balaban J connectivity index is 2.04. The number of hydrogen-bond donors (Lipinski definition) is 1. The number of likely N-dealkylation sites (tertiary alicyclic amines) is 1. The molecule has 1 aliphatic heterocycles. The van der Waals surface area contributed by atoms with Gasteiger partial charge in [-0.15, -0.1) is 11.3 Å². The molecule has 17 heavy (non-hydrogen) atoms. The van der Waals surface area contributed by atoms with E-state index in [0.29, 0.717) is 6.04 Å². The fourth-order valence-electron chi connectivity index (χ4n) is 2.24. The van der Waals surface area contributed by atoms with Gasteiger partial charge in [0.05, 0.1) is 11.8 Å². The topological polar surface area (TPSA) is 39.6 Å². The normalized spacial score (nSPS) is 23.6. The molecule has 2 unspecified atom stereocenters. The summed E-state index contributed by atoms with van der Waals surface area (Å²) in [6.45, 7) is 4.05. The summed E-state index contributed by atoms with van der Waals surface area (Å²) >= 11 is 1.62. The minimum atomic E-state index is -0.470. The number of aromatic nitrogens is 1. The molecule has 1 N–H and O–H groups in total. The SMILES string of the molecule is CC(O)c1csc(N(C)C2CCCN(C)C2)n1. The Bertz CT molecular complexity index is 366. The van der Waals surface area contributed by atoms with Crippen LogP contribution in [0.2, 0.25) is 0 Å². The van der Waals surface area contributed by atoms with Crippen LogP contribution in [0.25, 0.3) is 0 Å². The summed E-state index contributed by atoms with van der Waals surface area (Å²) in [7, 11) is 4.28. The van der Waals surface area contributed by atoms with E-state index in [-0.39, 0.29) is 0 Å². The van der Waals surface area contributed by atoms with Gasteiger partial charge in [-0.2, -0.15) is 0 Å². The van der Waals surface area contributed by atoms with Gasteiger partial charge in [-0.05, 0) is 33.4 Å². The zero-order valence-electron chi connectivity index (χ0n) is 10.8. The van der Waals surface area contributed by atoms with E-state index in [2.05, 4.69) is 28.9 Å². The number of aliphatic hydroxyl groups excluding tert-OH is 1. The molecule has 0 aromatic carbocycles. The first-order chi connectivity index (χ1) is 8.08. The first-order valence-corrected chi connectivity index (χ1v) is 7.00. The van der Waals surface area contributed by atoms with Crippen LogP contribution in [0.5, 0.6) is 0 Å². The molecule has 0 aliphatic carbocycles. The summed E-state index contributed by atoms with van der Waals surface area (Å²) in [5.74, 6) is 0. The van der Waals surface area contributed by atoms with Gasteiger partial charge in [0.25, 0.3) is 0 Å². The number of piperidine rings is 1. The van der Waals surface area contributed by atoms with Crippen molar-refractivity contribution in [2.45, 2.75) is 31.9 Å². The van der Waals surface area contributed by atoms with Crippen molar-refractivity contribution in [2.75, 3.05) is 32.1 Å². The zero-order chi connectivity index (χ0) is 12.4. The highest BCUT2D eigenvalue weighted by molar-refractivity contribution is 7.13. The van der Waals surface area contributed by atoms with Gasteiger partial charge in [0.2, 0.25) is 0 Å². The lowest BCUT2D eigenvalue weighted by Gasteiger charge is -2.35. The maximum atomic E-state index is 9.49. The predicted molar refractivity (Wildman–Crippen MR) is 71.7 cm³/mol. The van der Waals surface area contributed by atoms with Crippen LogP contribution in [0.3, 0.4) is 0 Å². The second-order valence-corrected chi connectivity index (χ2v) is 5.74. The fraction of sp³-hybridized carbons (Fsp3) is 0.750. The minimum Gasteiger partial charge on any atom is -0.387 e. The van der Waals surface area contributed by atoms with E-state index in [1.807, 2.05) is 5.38 Å². The second kappa shape index (κ2) is 5.33. The number of nitrogens with zero attached hydrogens (tertiary/aromatic N) is 3. The molecule has 0 amide bonds. The highest BCUT2D eigenvalue weighted by Crippen LogP contribution is 2.26. The van der Waals surface area contributed by atoms with Crippen molar-refractivity contribution in [3.8, 4) is 0 Å². The number of hydrogen-bond acceptors (Lipinski definition) is 5. The number of likely N-dealkylation sites (N-methyl/N-ethyl adjacent to an activating group) is 2. The van der Waals surface area contributed by atoms with E-state index in [1.54, 1.807) is 18.3 Å². The van der Waals surface area contributed by atoms with Gasteiger partial charge in [-0.25, -0.2) is 4.98 Å². The van der Waals surface area contributed by atoms with Gasteiger partial charge in [0.1, 0.15) is 0 Å². The summed E-state index contributed by atoms with van der Waals surface area (Å²) in [5.41, 5.74) is 0.779. The summed E-state index contributed by atoms with van der Waals surface area (Å²) in [6, 6.07) is 0.543. The van der Waals surface area contributed by atoms with Crippen molar-refractivity contribution in [2.24, 2.45) is 0 Å². The zero-order valence-corrected chi connectivity index (χ0v) is 11.6.